The van der Waals surface area contributed by atoms with E-state index in [-0.39, 0.29) is 0 Å². The maximum absolute atomic E-state index is 5.01. The number of hydrogen-bond donors (Lipinski definition) is 1. The van der Waals surface area contributed by atoms with Crippen LogP contribution in [-0.4, -0.2) is 9.55 Å². The molecule has 0 aliphatic rings. The highest BCUT2D eigenvalue weighted by Crippen LogP contribution is 2.30. The molecule has 1 heterocycles. The molecule has 0 aliphatic heterocycles. The maximum atomic E-state index is 5.01. The van der Waals surface area contributed by atoms with Crippen LogP contribution in [0.4, 0.5) is 11.6 Å². The van der Waals surface area contributed by atoms with Crippen molar-refractivity contribution in [3.8, 4) is 0 Å². The Balaban J connectivity index is 1.79. The average molecular weight is 450 g/mol. The number of imidazole rings is 1. The molecule has 0 aliphatic carbocycles. The molecule has 3 nitrogen and oxygen atoms in total. The van der Waals surface area contributed by atoms with Crippen LogP contribution in [0.25, 0.3) is 22.2 Å². The van der Waals surface area contributed by atoms with Crippen molar-refractivity contribution in [1.82, 2.24) is 9.55 Å². The van der Waals surface area contributed by atoms with Crippen LogP contribution >= 0.6 is 0 Å². The van der Waals surface area contributed by atoms with Gasteiger partial charge in [0.2, 0.25) is 5.95 Å². The summed E-state index contributed by atoms with van der Waals surface area (Å²) < 4.78 is 2.28. The van der Waals surface area contributed by atoms with Gasteiger partial charge in [-0.25, -0.2) is 4.98 Å². The minimum absolute atomic E-state index is 0.508. The Morgan fingerprint density at radius 1 is 1.03 bits per heavy atom. The lowest BCUT2D eigenvalue weighted by Gasteiger charge is -2.16. The Kier molecular flexibility index (Phi) is 6.74. The number of nitrogens with zero attached hydrogens (tertiary/aromatic N) is 2. The van der Waals surface area contributed by atoms with Crippen LogP contribution in [0.15, 0.2) is 73.3 Å². The zero-order chi connectivity index (χ0) is 24.4. The monoisotopic (exact) mass is 449 g/mol. The SMILES string of the molecule is C=C(C)c1ccc2c(c1)nc(Nc1ccc(C(C)C)cc1)n2C/C(=C/C)c1cc(C)ccc1C. The topological polar surface area (TPSA) is 29.9 Å². The molecular weight excluding hydrogens is 414 g/mol. The number of aryl methyl sites for hydroxylation is 2. The first-order valence-corrected chi connectivity index (χ1v) is 12.0. The number of benzene rings is 3. The third-order valence-corrected chi connectivity index (χ3v) is 6.49. The van der Waals surface area contributed by atoms with E-state index in [0.717, 1.165) is 40.4 Å². The zero-order valence-corrected chi connectivity index (χ0v) is 21.2. The van der Waals surface area contributed by atoms with Gasteiger partial charge in [-0.2, -0.15) is 0 Å². The molecule has 0 radical (unpaired) electrons. The number of aromatic nitrogens is 2. The first kappa shape index (κ1) is 23.6. The Labute approximate surface area is 203 Å². The van der Waals surface area contributed by atoms with Crippen molar-refractivity contribution in [3.63, 3.8) is 0 Å². The molecule has 3 heteroatoms. The molecule has 1 aromatic heterocycles. The summed E-state index contributed by atoms with van der Waals surface area (Å²) in [7, 11) is 0. The molecular formula is C31H35N3. The summed E-state index contributed by atoms with van der Waals surface area (Å²) in [5, 5.41) is 3.59. The lowest BCUT2D eigenvalue weighted by Crippen LogP contribution is -2.07. The van der Waals surface area contributed by atoms with E-state index in [1.807, 2.05) is 6.92 Å². The van der Waals surface area contributed by atoms with Gasteiger partial charge in [-0.05, 0) is 85.7 Å². The zero-order valence-electron chi connectivity index (χ0n) is 21.2. The fourth-order valence-electron chi connectivity index (χ4n) is 4.32. The van der Waals surface area contributed by atoms with E-state index in [1.54, 1.807) is 0 Å². The highest BCUT2D eigenvalue weighted by molar-refractivity contribution is 5.84. The standard InChI is InChI=1S/C31H35N3/c1-8-24(28-17-22(6)9-10-23(28)7)19-34-30-16-13-26(21(4)5)18-29(30)33-31(34)32-27-14-11-25(12-15-27)20(2)3/h8-18,20H,4,19H2,1-3,5-7H3,(H,32,33)/b24-8-. The van der Waals surface area contributed by atoms with Gasteiger partial charge in [0.15, 0.2) is 0 Å². The van der Waals surface area contributed by atoms with Crippen molar-refractivity contribution < 1.29 is 0 Å². The van der Waals surface area contributed by atoms with Gasteiger partial charge < -0.3 is 9.88 Å². The predicted octanol–water partition coefficient (Wildman–Crippen LogP) is 8.66. The van der Waals surface area contributed by atoms with Gasteiger partial charge in [0.05, 0.1) is 17.6 Å². The molecule has 0 fully saturated rings. The van der Waals surface area contributed by atoms with E-state index >= 15 is 0 Å². The van der Waals surface area contributed by atoms with Crippen LogP contribution in [0.2, 0.25) is 0 Å². The van der Waals surface area contributed by atoms with Crippen molar-refractivity contribution >= 4 is 33.8 Å². The highest BCUT2D eigenvalue weighted by Gasteiger charge is 2.15. The first-order valence-electron chi connectivity index (χ1n) is 12.0. The van der Waals surface area contributed by atoms with Gasteiger partial charge in [0.1, 0.15) is 0 Å². The summed E-state index contributed by atoms with van der Waals surface area (Å²) in [4.78, 5) is 5.01. The fourth-order valence-corrected chi connectivity index (χ4v) is 4.32. The fraction of sp³-hybridized carbons (Fsp3) is 0.258. The van der Waals surface area contributed by atoms with E-state index in [2.05, 4.69) is 118 Å². The third-order valence-electron chi connectivity index (χ3n) is 6.49. The van der Waals surface area contributed by atoms with Gasteiger partial charge in [-0.15, -0.1) is 0 Å². The Morgan fingerprint density at radius 2 is 1.76 bits per heavy atom. The summed E-state index contributed by atoms with van der Waals surface area (Å²) in [6, 6.07) is 21.7. The van der Waals surface area contributed by atoms with Crippen molar-refractivity contribution in [2.45, 2.75) is 54.0 Å². The maximum Gasteiger partial charge on any atom is 0.208 e. The lowest BCUT2D eigenvalue weighted by atomic mass is 9.98. The second-order valence-corrected chi connectivity index (χ2v) is 9.54. The molecule has 0 bridgehead atoms. The first-order chi connectivity index (χ1) is 16.3. The predicted molar refractivity (Wildman–Crippen MR) is 148 cm³/mol. The number of hydrogen-bond acceptors (Lipinski definition) is 2. The van der Waals surface area contributed by atoms with E-state index in [1.165, 1.54) is 27.8 Å². The van der Waals surface area contributed by atoms with Crippen molar-refractivity contribution in [1.29, 1.82) is 0 Å². The van der Waals surface area contributed by atoms with Gasteiger partial charge >= 0.3 is 0 Å². The number of rotatable bonds is 7. The van der Waals surface area contributed by atoms with Crippen molar-refractivity contribution in [3.05, 3.63) is 101 Å². The van der Waals surface area contributed by atoms with E-state index < -0.39 is 0 Å². The quantitative estimate of drug-likeness (QED) is 0.306. The van der Waals surface area contributed by atoms with Crippen LogP contribution in [0.1, 0.15) is 61.4 Å². The highest BCUT2D eigenvalue weighted by atomic mass is 15.2. The normalized spacial score (nSPS) is 11.9. The summed E-state index contributed by atoms with van der Waals surface area (Å²) in [5.41, 5.74) is 11.7. The molecule has 0 spiro atoms. The van der Waals surface area contributed by atoms with Crippen LogP contribution in [0.5, 0.6) is 0 Å². The molecule has 0 atom stereocenters. The number of anilines is 2. The van der Waals surface area contributed by atoms with E-state index in [9.17, 15) is 0 Å². The van der Waals surface area contributed by atoms with Crippen LogP contribution in [0.3, 0.4) is 0 Å². The Morgan fingerprint density at radius 3 is 2.41 bits per heavy atom. The molecule has 34 heavy (non-hydrogen) atoms. The van der Waals surface area contributed by atoms with Gasteiger partial charge in [0, 0.05) is 5.69 Å². The van der Waals surface area contributed by atoms with Gasteiger partial charge in [-0.3, -0.25) is 0 Å². The van der Waals surface area contributed by atoms with Crippen LogP contribution in [0, 0.1) is 13.8 Å². The van der Waals surface area contributed by atoms with Crippen molar-refractivity contribution in [2.24, 2.45) is 0 Å². The van der Waals surface area contributed by atoms with Crippen molar-refractivity contribution in [2.75, 3.05) is 5.32 Å². The molecule has 4 aromatic rings. The summed E-state index contributed by atoms with van der Waals surface area (Å²) >= 11 is 0. The van der Waals surface area contributed by atoms with Gasteiger partial charge in [0.25, 0.3) is 0 Å². The molecule has 0 unspecified atom stereocenters. The van der Waals surface area contributed by atoms with E-state index in [4.69, 9.17) is 4.98 Å². The summed E-state index contributed by atoms with van der Waals surface area (Å²) in [5.74, 6) is 1.35. The molecule has 0 saturated carbocycles. The second kappa shape index (κ2) is 9.72. The number of nitrogens with one attached hydrogen (secondary N) is 1. The largest absolute Gasteiger partial charge is 0.326 e. The molecule has 0 saturated heterocycles. The minimum Gasteiger partial charge on any atom is -0.326 e. The van der Waals surface area contributed by atoms with Crippen LogP contribution < -0.4 is 5.32 Å². The summed E-state index contributed by atoms with van der Waals surface area (Å²) in [6.45, 7) is 17.8. The number of fused-ring (bicyclic) bond motifs is 1. The second-order valence-electron chi connectivity index (χ2n) is 9.54. The van der Waals surface area contributed by atoms with Gasteiger partial charge in [-0.1, -0.05) is 74.0 Å². The molecule has 174 valence electrons. The number of allylic oxidation sites excluding steroid dienone is 3. The minimum atomic E-state index is 0.508. The average Bonchev–Trinajstić information content (AvgIpc) is 3.15. The molecule has 3 aromatic carbocycles. The molecule has 1 N–H and O–H groups in total. The smallest absolute Gasteiger partial charge is 0.208 e. The molecule has 0 amide bonds. The van der Waals surface area contributed by atoms with Crippen LogP contribution in [-0.2, 0) is 6.54 Å². The van der Waals surface area contributed by atoms with E-state index in [0.29, 0.717) is 5.92 Å². The Bertz CT molecular complexity index is 1370. The molecule has 4 rings (SSSR count). The lowest BCUT2D eigenvalue weighted by molar-refractivity contribution is 0.865. The summed E-state index contributed by atoms with van der Waals surface area (Å²) in [6.07, 6.45) is 2.22. The third kappa shape index (κ3) is 4.84. The Hall–Kier alpha value is -3.59.